The Morgan fingerprint density at radius 3 is 2.50 bits per heavy atom. The number of aromatic nitrogens is 2. The highest BCUT2D eigenvalue weighted by atomic mass is 32.2. The first kappa shape index (κ1) is 19.8. The van der Waals surface area contributed by atoms with Crippen LogP contribution in [-0.4, -0.2) is 24.9 Å². The van der Waals surface area contributed by atoms with Crippen LogP contribution < -0.4 is 15.8 Å². The molecule has 8 heteroatoms. The number of anilines is 2. The Bertz CT molecular complexity index is 1040. The van der Waals surface area contributed by atoms with Crippen molar-refractivity contribution in [2.24, 2.45) is 5.14 Å². The first-order valence-corrected chi connectivity index (χ1v) is 10.4. The molecule has 3 rings (SSSR count). The summed E-state index contributed by atoms with van der Waals surface area (Å²) in [5, 5.41) is 11.6. The van der Waals surface area contributed by atoms with E-state index in [-0.39, 0.29) is 4.90 Å². The van der Waals surface area contributed by atoms with Gasteiger partial charge in [-0.1, -0.05) is 42.0 Å². The molecule has 0 radical (unpaired) electrons. The summed E-state index contributed by atoms with van der Waals surface area (Å²) >= 11 is 0. The van der Waals surface area contributed by atoms with E-state index in [4.69, 9.17) is 5.14 Å². The van der Waals surface area contributed by atoms with Crippen LogP contribution in [0.15, 0.2) is 65.7 Å². The Morgan fingerprint density at radius 2 is 1.79 bits per heavy atom. The molecule has 0 saturated carbocycles. The van der Waals surface area contributed by atoms with Gasteiger partial charge in [0.15, 0.2) is 0 Å². The average molecular weight is 398 g/mol. The lowest BCUT2D eigenvalue weighted by atomic mass is 10.1. The summed E-state index contributed by atoms with van der Waals surface area (Å²) in [5.74, 6) is 1.28. The normalized spacial score (nSPS) is 11.2. The molecule has 0 aliphatic rings. The fourth-order valence-corrected chi connectivity index (χ4v) is 3.24. The van der Waals surface area contributed by atoms with Gasteiger partial charge < -0.3 is 10.6 Å². The molecule has 0 fully saturated rings. The van der Waals surface area contributed by atoms with Gasteiger partial charge in [-0.2, -0.15) is 4.98 Å². The smallest absolute Gasteiger partial charge is 0.238 e. The highest BCUT2D eigenvalue weighted by molar-refractivity contribution is 7.89. The fourth-order valence-electron chi connectivity index (χ4n) is 2.73. The molecule has 146 valence electrons. The number of nitrogens with zero attached hydrogens (tertiary/aromatic N) is 2. The molecule has 0 spiro atoms. The van der Waals surface area contributed by atoms with Gasteiger partial charge in [0.25, 0.3) is 0 Å². The van der Waals surface area contributed by atoms with Crippen LogP contribution in [0.5, 0.6) is 0 Å². The van der Waals surface area contributed by atoms with Crippen LogP contribution in [0.2, 0.25) is 0 Å². The predicted molar refractivity (Wildman–Crippen MR) is 111 cm³/mol. The van der Waals surface area contributed by atoms with E-state index in [0.717, 1.165) is 17.8 Å². The molecule has 1 heterocycles. The van der Waals surface area contributed by atoms with Gasteiger partial charge in [-0.15, -0.1) is 0 Å². The lowest BCUT2D eigenvalue weighted by Gasteiger charge is -2.09. The Morgan fingerprint density at radius 1 is 1.00 bits per heavy atom. The van der Waals surface area contributed by atoms with Gasteiger partial charge in [0.2, 0.25) is 16.0 Å². The SMILES string of the molecule is Cc1cccc(CNc2nccc(NCCc3ccc(S(N)(=O)=O)cc3)n2)c1. The van der Waals surface area contributed by atoms with Crippen molar-refractivity contribution in [3.05, 3.63) is 77.5 Å². The van der Waals surface area contributed by atoms with Crippen LogP contribution in [0, 0.1) is 6.92 Å². The van der Waals surface area contributed by atoms with E-state index in [2.05, 4.69) is 45.7 Å². The number of aryl methyl sites for hydroxylation is 1. The van der Waals surface area contributed by atoms with Gasteiger partial charge >= 0.3 is 0 Å². The van der Waals surface area contributed by atoms with E-state index < -0.39 is 10.0 Å². The minimum Gasteiger partial charge on any atom is -0.370 e. The third kappa shape index (κ3) is 5.77. The highest BCUT2D eigenvalue weighted by Gasteiger charge is 2.06. The molecule has 0 bridgehead atoms. The summed E-state index contributed by atoms with van der Waals surface area (Å²) in [7, 11) is -3.66. The Balaban J connectivity index is 1.52. The summed E-state index contributed by atoms with van der Waals surface area (Å²) in [6, 6.07) is 16.6. The number of hydrogen-bond acceptors (Lipinski definition) is 6. The van der Waals surface area contributed by atoms with Crippen molar-refractivity contribution in [2.75, 3.05) is 17.2 Å². The van der Waals surface area contributed by atoms with E-state index >= 15 is 0 Å². The summed E-state index contributed by atoms with van der Waals surface area (Å²) < 4.78 is 22.6. The average Bonchev–Trinajstić information content (AvgIpc) is 2.67. The summed E-state index contributed by atoms with van der Waals surface area (Å²) in [6.45, 7) is 3.37. The molecule has 3 aromatic rings. The molecule has 1 aromatic heterocycles. The van der Waals surface area contributed by atoms with Crippen LogP contribution >= 0.6 is 0 Å². The number of rotatable bonds is 8. The molecular weight excluding hydrogens is 374 g/mol. The summed E-state index contributed by atoms with van der Waals surface area (Å²) in [4.78, 5) is 8.82. The second kappa shape index (κ2) is 8.81. The summed E-state index contributed by atoms with van der Waals surface area (Å²) in [6.07, 6.45) is 2.43. The third-order valence-electron chi connectivity index (χ3n) is 4.16. The standard InChI is InChI=1S/C20H23N5O2S/c1-15-3-2-4-17(13-15)14-24-20-23-12-10-19(25-20)22-11-9-16-5-7-18(8-6-16)28(21,26)27/h2-8,10,12-13H,9,11,14H2,1H3,(H2,21,26,27)(H2,22,23,24,25). The molecule has 0 atom stereocenters. The molecule has 2 aromatic carbocycles. The van der Waals surface area contributed by atoms with Gasteiger partial charge in [-0.25, -0.2) is 18.5 Å². The molecule has 0 aliphatic carbocycles. The summed E-state index contributed by atoms with van der Waals surface area (Å²) in [5.41, 5.74) is 3.39. The zero-order chi connectivity index (χ0) is 20.0. The number of nitrogens with two attached hydrogens (primary N) is 1. The van der Waals surface area contributed by atoms with Gasteiger partial charge in [0.1, 0.15) is 5.82 Å². The molecule has 0 amide bonds. The molecule has 0 aliphatic heterocycles. The molecule has 0 saturated heterocycles. The van der Waals surface area contributed by atoms with Crippen molar-refractivity contribution in [1.29, 1.82) is 0 Å². The van der Waals surface area contributed by atoms with Crippen LogP contribution in [0.4, 0.5) is 11.8 Å². The van der Waals surface area contributed by atoms with Crippen molar-refractivity contribution in [3.63, 3.8) is 0 Å². The quantitative estimate of drug-likeness (QED) is 0.539. The van der Waals surface area contributed by atoms with Crippen LogP contribution in [0.25, 0.3) is 0 Å². The molecule has 28 heavy (non-hydrogen) atoms. The van der Waals surface area contributed by atoms with Gasteiger partial charge in [0.05, 0.1) is 4.90 Å². The zero-order valence-corrected chi connectivity index (χ0v) is 16.4. The monoisotopic (exact) mass is 397 g/mol. The number of nitrogens with one attached hydrogen (secondary N) is 2. The zero-order valence-electron chi connectivity index (χ0n) is 15.6. The second-order valence-electron chi connectivity index (χ2n) is 6.47. The molecule has 7 nitrogen and oxygen atoms in total. The van der Waals surface area contributed by atoms with Crippen molar-refractivity contribution in [2.45, 2.75) is 24.8 Å². The van der Waals surface area contributed by atoms with Gasteiger partial charge in [-0.3, -0.25) is 0 Å². The molecule has 0 unspecified atom stereocenters. The third-order valence-corrected chi connectivity index (χ3v) is 5.09. The van der Waals surface area contributed by atoms with E-state index in [1.807, 2.05) is 12.1 Å². The van der Waals surface area contributed by atoms with Crippen molar-refractivity contribution < 1.29 is 8.42 Å². The first-order valence-electron chi connectivity index (χ1n) is 8.88. The van der Waals surface area contributed by atoms with Crippen molar-refractivity contribution in [3.8, 4) is 0 Å². The van der Waals surface area contributed by atoms with Crippen LogP contribution in [0.3, 0.4) is 0 Å². The maximum Gasteiger partial charge on any atom is 0.238 e. The maximum absolute atomic E-state index is 11.3. The minimum atomic E-state index is -3.66. The lowest BCUT2D eigenvalue weighted by molar-refractivity contribution is 0.598. The fraction of sp³-hybridized carbons (Fsp3) is 0.200. The van der Waals surface area contributed by atoms with E-state index in [1.54, 1.807) is 18.3 Å². The first-order chi connectivity index (χ1) is 13.4. The Labute approximate surface area is 165 Å². The van der Waals surface area contributed by atoms with Crippen LogP contribution in [0.1, 0.15) is 16.7 Å². The van der Waals surface area contributed by atoms with Crippen molar-refractivity contribution in [1.82, 2.24) is 9.97 Å². The van der Waals surface area contributed by atoms with Gasteiger partial charge in [0, 0.05) is 19.3 Å². The van der Waals surface area contributed by atoms with Crippen molar-refractivity contribution >= 4 is 21.8 Å². The number of hydrogen-bond donors (Lipinski definition) is 3. The molecular formula is C20H23N5O2S. The second-order valence-corrected chi connectivity index (χ2v) is 8.04. The number of benzene rings is 2. The maximum atomic E-state index is 11.3. The van der Waals surface area contributed by atoms with Gasteiger partial charge in [-0.05, 0) is 42.7 Å². The largest absolute Gasteiger partial charge is 0.370 e. The van der Waals surface area contributed by atoms with E-state index in [9.17, 15) is 8.42 Å². The van der Waals surface area contributed by atoms with E-state index in [1.165, 1.54) is 23.3 Å². The number of primary sulfonamides is 1. The van der Waals surface area contributed by atoms with Crippen LogP contribution in [-0.2, 0) is 23.0 Å². The lowest BCUT2D eigenvalue weighted by Crippen LogP contribution is -2.12. The highest BCUT2D eigenvalue weighted by Crippen LogP contribution is 2.11. The minimum absolute atomic E-state index is 0.115. The Hall–Kier alpha value is -2.97. The topological polar surface area (TPSA) is 110 Å². The predicted octanol–water partition coefficient (Wildman–Crippen LogP) is 2.70. The molecule has 4 N–H and O–H groups in total. The Kier molecular flexibility index (Phi) is 6.23. The van der Waals surface area contributed by atoms with E-state index in [0.29, 0.717) is 19.0 Å². The number of sulfonamides is 1.